The van der Waals surface area contributed by atoms with Gasteiger partial charge in [-0.2, -0.15) is 0 Å². The van der Waals surface area contributed by atoms with E-state index in [0.717, 1.165) is 23.5 Å². The molecule has 0 aromatic heterocycles. The normalized spacial score (nSPS) is 14.3. The van der Waals surface area contributed by atoms with Gasteiger partial charge in [-0.25, -0.2) is 5.43 Å². The van der Waals surface area contributed by atoms with E-state index in [1.54, 1.807) is 11.8 Å². The van der Waals surface area contributed by atoms with E-state index in [2.05, 4.69) is 28.2 Å². The molecule has 1 aromatic rings. The number of nitrogens with two attached hydrogens (primary N) is 1. The van der Waals surface area contributed by atoms with Gasteiger partial charge in [0.1, 0.15) is 0 Å². The van der Waals surface area contributed by atoms with Crippen molar-refractivity contribution in [1.82, 2.24) is 10.7 Å². The van der Waals surface area contributed by atoms with E-state index in [4.69, 9.17) is 5.84 Å². The van der Waals surface area contributed by atoms with Crippen LogP contribution in [-0.2, 0) is 11.2 Å². The fourth-order valence-electron chi connectivity index (χ4n) is 1.68. The average Bonchev–Trinajstić information content (AvgIpc) is 2.34. The molecule has 0 aliphatic carbocycles. The van der Waals surface area contributed by atoms with Gasteiger partial charge in [-0.1, -0.05) is 6.07 Å². The smallest absolute Gasteiger partial charge is 0.234 e. The number of fused-ring (bicyclic) bond motifs is 1. The quantitative estimate of drug-likeness (QED) is 0.262. The van der Waals surface area contributed by atoms with E-state index in [-0.39, 0.29) is 5.91 Å². The topological polar surface area (TPSA) is 79.2 Å². The van der Waals surface area contributed by atoms with Gasteiger partial charge in [-0.15, -0.1) is 11.8 Å². The highest BCUT2D eigenvalue weighted by Crippen LogP contribution is 2.31. The van der Waals surface area contributed by atoms with Crippen molar-refractivity contribution in [2.24, 2.45) is 5.84 Å². The fraction of sp³-hybridized carbons (Fsp3) is 0.364. The maximum Gasteiger partial charge on any atom is 0.234 e. The zero-order chi connectivity index (χ0) is 12.1. The fourth-order valence-corrected chi connectivity index (χ4v) is 2.47. The molecule has 0 radical (unpaired) electrons. The van der Waals surface area contributed by atoms with Crippen molar-refractivity contribution in [3.63, 3.8) is 0 Å². The summed E-state index contributed by atoms with van der Waals surface area (Å²) in [5, 5.41) is 6.03. The second kappa shape index (κ2) is 6.02. The molecule has 6 heteroatoms. The molecule has 1 heterocycles. The lowest BCUT2D eigenvalue weighted by Gasteiger charge is -2.17. The Kier molecular flexibility index (Phi) is 4.38. The molecule has 2 rings (SSSR count). The average molecular weight is 252 g/mol. The molecule has 0 spiro atoms. The van der Waals surface area contributed by atoms with Crippen LogP contribution in [0.3, 0.4) is 0 Å². The van der Waals surface area contributed by atoms with Gasteiger partial charge in [0, 0.05) is 11.4 Å². The predicted molar refractivity (Wildman–Crippen MR) is 69.7 cm³/mol. The van der Waals surface area contributed by atoms with E-state index in [9.17, 15) is 4.79 Å². The number of nitrogens with one attached hydrogen (secondary N) is 3. The molecule has 5 nitrogen and oxygen atoms in total. The van der Waals surface area contributed by atoms with Gasteiger partial charge in [0.25, 0.3) is 0 Å². The first-order valence-corrected chi connectivity index (χ1v) is 6.48. The number of hydrazine groups is 1. The van der Waals surface area contributed by atoms with Crippen LogP contribution in [0.25, 0.3) is 0 Å². The Balaban J connectivity index is 1.95. The third-order valence-electron chi connectivity index (χ3n) is 2.49. The molecular weight excluding hydrogens is 236 g/mol. The SMILES string of the molecule is NNCNCCc1ccc2c(c1)NC(=O)CS2. The number of hydrogen-bond acceptors (Lipinski definition) is 5. The number of benzene rings is 1. The Morgan fingerprint density at radius 1 is 1.47 bits per heavy atom. The number of carbonyl (C=O) groups is 1. The summed E-state index contributed by atoms with van der Waals surface area (Å²) in [5.41, 5.74) is 4.67. The summed E-state index contributed by atoms with van der Waals surface area (Å²) in [4.78, 5) is 12.4. The van der Waals surface area contributed by atoms with E-state index in [1.807, 2.05) is 6.07 Å². The van der Waals surface area contributed by atoms with Crippen molar-refractivity contribution in [1.29, 1.82) is 0 Å². The van der Waals surface area contributed by atoms with Crippen molar-refractivity contribution in [2.45, 2.75) is 11.3 Å². The van der Waals surface area contributed by atoms with Gasteiger partial charge < -0.3 is 10.6 Å². The Morgan fingerprint density at radius 3 is 3.18 bits per heavy atom. The molecule has 0 saturated carbocycles. The lowest BCUT2D eigenvalue weighted by atomic mass is 10.1. The highest BCUT2D eigenvalue weighted by Gasteiger charge is 2.14. The van der Waals surface area contributed by atoms with Crippen LogP contribution in [0.2, 0.25) is 0 Å². The van der Waals surface area contributed by atoms with E-state index in [1.165, 1.54) is 5.56 Å². The summed E-state index contributed by atoms with van der Waals surface area (Å²) in [6.07, 6.45) is 0.912. The first-order chi connectivity index (χ1) is 8.29. The van der Waals surface area contributed by atoms with Gasteiger partial charge >= 0.3 is 0 Å². The minimum Gasteiger partial charge on any atom is -0.324 e. The van der Waals surface area contributed by atoms with E-state index >= 15 is 0 Å². The summed E-state index contributed by atoms with van der Waals surface area (Å²) >= 11 is 1.58. The van der Waals surface area contributed by atoms with E-state index < -0.39 is 0 Å². The van der Waals surface area contributed by atoms with Crippen LogP contribution >= 0.6 is 11.8 Å². The summed E-state index contributed by atoms with van der Waals surface area (Å²) in [5.74, 6) is 5.74. The van der Waals surface area contributed by atoms with Crippen LogP contribution in [0.4, 0.5) is 5.69 Å². The van der Waals surface area contributed by atoms with Gasteiger partial charge in [-0.3, -0.25) is 10.6 Å². The van der Waals surface area contributed by atoms with E-state index in [0.29, 0.717) is 12.4 Å². The number of rotatable bonds is 5. The van der Waals surface area contributed by atoms with Crippen LogP contribution in [0.5, 0.6) is 0 Å². The summed E-state index contributed by atoms with van der Waals surface area (Å²) in [7, 11) is 0. The first kappa shape index (κ1) is 12.4. The lowest BCUT2D eigenvalue weighted by molar-refractivity contribution is -0.113. The van der Waals surface area contributed by atoms with Crippen molar-refractivity contribution in [3.8, 4) is 0 Å². The molecule has 0 saturated heterocycles. The molecule has 5 N–H and O–H groups in total. The summed E-state index contributed by atoms with van der Waals surface area (Å²) < 4.78 is 0. The van der Waals surface area contributed by atoms with Crippen LogP contribution in [-0.4, -0.2) is 24.9 Å². The monoisotopic (exact) mass is 252 g/mol. The molecule has 0 unspecified atom stereocenters. The lowest BCUT2D eigenvalue weighted by Crippen LogP contribution is -2.34. The van der Waals surface area contributed by atoms with Crippen LogP contribution in [0.15, 0.2) is 23.1 Å². The van der Waals surface area contributed by atoms with Crippen molar-refractivity contribution in [3.05, 3.63) is 23.8 Å². The highest BCUT2D eigenvalue weighted by atomic mass is 32.2. The van der Waals surface area contributed by atoms with Gasteiger partial charge in [0.2, 0.25) is 5.91 Å². The molecule has 0 fully saturated rings. The molecule has 92 valence electrons. The number of hydrogen-bond donors (Lipinski definition) is 4. The third kappa shape index (κ3) is 3.44. The van der Waals surface area contributed by atoms with Crippen LogP contribution in [0, 0.1) is 0 Å². The number of anilines is 1. The number of amides is 1. The maximum absolute atomic E-state index is 11.3. The Morgan fingerprint density at radius 2 is 2.35 bits per heavy atom. The molecule has 17 heavy (non-hydrogen) atoms. The number of thioether (sulfide) groups is 1. The van der Waals surface area contributed by atoms with Gasteiger partial charge in [0.15, 0.2) is 0 Å². The minimum atomic E-state index is 0.0742. The first-order valence-electron chi connectivity index (χ1n) is 5.49. The van der Waals surface area contributed by atoms with Crippen molar-refractivity contribution in [2.75, 3.05) is 24.3 Å². The Hall–Kier alpha value is -1.08. The molecule has 1 aliphatic heterocycles. The van der Waals surface area contributed by atoms with Crippen molar-refractivity contribution < 1.29 is 4.79 Å². The minimum absolute atomic E-state index is 0.0742. The second-order valence-electron chi connectivity index (χ2n) is 3.80. The standard InChI is InChI=1S/C11H16N4OS/c12-14-7-13-4-3-8-1-2-10-9(5-8)15-11(16)6-17-10/h1-2,5,13-14H,3-4,6-7,12H2,(H,15,16). The molecule has 1 amide bonds. The molecule has 0 atom stereocenters. The summed E-state index contributed by atoms with van der Waals surface area (Å²) in [6, 6.07) is 6.20. The van der Waals surface area contributed by atoms with Crippen LogP contribution < -0.4 is 21.9 Å². The maximum atomic E-state index is 11.3. The second-order valence-corrected chi connectivity index (χ2v) is 4.82. The molecule has 0 bridgehead atoms. The molecule has 1 aliphatic rings. The van der Waals surface area contributed by atoms with Crippen LogP contribution in [0.1, 0.15) is 5.56 Å². The highest BCUT2D eigenvalue weighted by molar-refractivity contribution is 8.00. The zero-order valence-corrected chi connectivity index (χ0v) is 10.3. The third-order valence-corrected chi connectivity index (χ3v) is 3.57. The Bertz CT molecular complexity index is 410. The van der Waals surface area contributed by atoms with Crippen molar-refractivity contribution >= 4 is 23.4 Å². The zero-order valence-electron chi connectivity index (χ0n) is 9.45. The van der Waals surface area contributed by atoms with Gasteiger partial charge in [-0.05, 0) is 24.1 Å². The number of carbonyl (C=O) groups excluding carboxylic acids is 1. The summed E-state index contributed by atoms with van der Waals surface area (Å²) in [6.45, 7) is 1.45. The molecular formula is C11H16N4OS. The Labute approximate surface area is 104 Å². The largest absolute Gasteiger partial charge is 0.324 e. The predicted octanol–water partition coefficient (Wildman–Crippen LogP) is 0.284. The molecule has 1 aromatic carbocycles. The van der Waals surface area contributed by atoms with Gasteiger partial charge in [0.05, 0.1) is 18.1 Å².